The van der Waals surface area contributed by atoms with Crippen molar-refractivity contribution in [3.05, 3.63) is 70.3 Å². The molecule has 4 heterocycles. The number of aryl methyl sites for hydroxylation is 1. The molecule has 34 heavy (non-hydrogen) atoms. The molecule has 0 spiro atoms. The van der Waals surface area contributed by atoms with Crippen LogP contribution in [-0.4, -0.2) is 41.9 Å². The standard InChI is InChI=1S/C18H18F2N4O2.C6H8N2/c1-10-16-21-15(11-5-7-26-8-6-11)22-17(24(16)18(25)23(10)2)13-4-3-12(19)9-14(13)20;1-4-7-8(5-1)6-2-3-6/h3-4,9,11H,5-8H2,1-2H3;1,4-6H,2-3H2. The highest BCUT2D eigenvalue weighted by atomic mass is 19.1. The molecule has 1 aromatic carbocycles. The zero-order valence-electron chi connectivity index (χ0n) is 19.1. The first kappa shape index (κ1) is 22.4. The van der Waals surface area contributed by atoms with E-state index in [9.17, 15) is 13.6 Å². The van der Waals surface area contributed by atoms with E-state index in [0.717, 1.165) is 31.0 Å². The quantitative estimate of drug-likeness (QED) is 0.457. The number of rotatable bonds is 3. The van der Waals surface area contributed by atoms with Crippen molar-refractivity contribution >= 4 is 5.65 Å². The molecule has 2 fully saturated rings. The van der Waals surface area contributed by atoms with Crippen molar-refractivity contribution in [2.45, 2.75) is 44.6 Å². The number of imidazole rings is 1. The lowest BCUT2D eigenvalue weighted by atomic mass is 9.99. The molecule has 10 heteroatoms. The van der Waals surface area contributed by atoms with Crippen molar-refractivity contribution < 1.29 is 13.5 Å². The fraction of sp³-hybridized carbons (Fsp3) is 0.417. The molecule has 0 bridgehead atoms. The number of nitrogens with zero attached hydrogens (tertiary/aromatic N) is 6. The van der Waals surface area contributed by atoms with E-state index in [1.165, 1.54) is 27.9 Å². The molecule has 0 N–H and O–H groups in total. The highest BCUT2D eigenvalue weighted by Gasteiger charge is 2.25. The summed E-state index contributed by atoms with van der Waals surface area (Å²) in [7, 11) is 1.63. The number of benzene rings is 1. The third kappa shape index (κ3) is 4.25. The van der Waals surface area contributed by atoms with Gasteiger partial charge in [0.2, 0.25) is 0 Å². The fourth-order valence-electron chi connectivity index (χ4n) is 4.14. The lowest BCUT2D eigenvalue weighted by Gasteiger charge is -2.21. The minimum absolute atomic E-state index is 0.0693. The van der Waals surface area contributed by atoms with Crippen LogP contribution in [0.25, 0.3) is 17.0 Å². The number of fused-ring (bicyclic) bond motifs is 1. The fourth-order valence-corrected chi connectivity index (χ4v) is 4.14. The second-order valence-electron chi connectivity index (χ2n) is 8.72. The van der Waals surface area contributed by atoms with E-state index in [4.69, 9.17) is 4.74 Å². The Hall–Kier alpha value is -3.40. The van der Waals surface area contributed by atoms with Crippen LogP contribution in [0.1, 0.15) is 49.2 Å². The summed E-state index contributed by atoms with van der Waals surface area (Å²) in [5.41, 5.74) is 0.803. The van der Waals surface area contributed by atoms with Gasteiger partial charge in [0.25, 0.3) is 0 Å². The molecule has 0 radical (unpaired) electrons. The van der Waals surface area contributed by atoms with Gasteiger partial charge >= 0.3 is 5.69 Å². The Labute approximate surface area is 194 Å². The van der Waals surface area contributed by atoms with Crippen LogP contribution >= 0.6 is 0 Å². The van der Waals surface area contributed by atoms with Crippen molar-refractivity contribution in [2.24, 2.45) is 7.05 Å². The van der Waals surface area contributed by atoms with Gasteiger partial charge in [-0.2, -0.15) is 5.10 Å². The summed E-state index contributed by atoms with van der Waals surface area (Å²) in [6.45, 7) is 3.00. The highest BCUT2D eigenvalue weighted by molar-refractivity contribution is 5.61. The maximum atomic E-state index is 14.4. The first-order chi connectivity index (χ1) is 16.4. The summed E-state index contributed by atoms with van der Waals surface area (Å²) in [6, 6.07) is 5.96. The molecule has 178 valence electrons. The van der Waals surface area contributed by atoms with Gasteiger partial charge in [-0.3, -0.25) is 9.25 Å². The molecule has 6 rings (SSSR count). The van der Waals surface area contributed by atoms with Gasteiger partial charge in [-0.05, 0) is 50.8 Å². The van der Waals surface area contributed by atoms with Crippen LogP contribution < -0.4 is 5.69 Å². The van der Waals surface area contributed by atoms with Crippen molar-refractivity contribution in [1.82, 2.24) is 28.7 Å². The maximum Gasteiger partial charge on any atom is 0.335 e. The Morgan fingerprint density at radius 3 is 2.50 bits per heavy atom. The van der Waals surface area contributed by atoms with E-state index in [1.54, 1.807) is 14.0 Å². The molecule has 4 aromatic rings. The summed E-state index contributed by atoms with van der Waals surface area (Å²) in [4.78, 5) is 21.8. The van der Waals surface area contributed by atoms with E-state index in [-0.39, 0.29) is 23.0 Å². The molecular formula is C24H26F2N6O2. The summed E-state index contributed by atoms with van der Waals surface area (Å²) in [5.74, 6) is -0.678. The molecule has 0 unspecified atom stereocenters. The third-order valence-electron chi connectivity index (χ3n) is 6.37. The van der Waals surface area contributed by atoms with Gasteiger partial charge in [-0.15, -0.1) is 0 Å². The molecule has 0 amide bonds. The number of hydrogen-bond acceptors (Lipinski definition) is 5. The first-order valence-corrected chi connectivity index (χ1v) is 11.4. The van der Waals surface area contributed by atoms with Crippen molar-refractivity contribution in [1.29, 1.82) is 0 Å². The Balaban J connectivity index is 0.000000252. The van der Waals surface area contributed by atoms with Crippen LogP contribution in [0.4, 0.5) is 8.78 Å². The topological polar surface area (TPSA) is 79.2 Å². The molecule has 0 atom stereocenters. The minimum Gasteiger partial charge on any atom is -0.381 e. The Morgan fingerprint density at radius 1 is 1.09 bits per heavy atom. The zero-order valence-corrected chi connectivity index (χ0v) is 19.1. The maximum absolute atomic E-state index is 14.4. The van der Waals surface area contributed by atoms with Crippen molar-refractivity contribution in [2.75, 3.05) is 13.2 Å². The monoisotopic (exact) mass is 468 g/mol. The molecule has 1 saturated carbocycles. The SMILES string of the molecule is Cc1c2nc(C3CCOCC3)nc(-c3ccc(F)cc3F)n2c(=O)n1C.c1cnn(C2CC2)c1. The Kier molecular flexibility index (Phi) is 5.99. The Bertz CT molecular complexity index is 1370. The average Bonchev–Trinajstić information content (AvgIpc) is 3.51. The molecule has 8 nitrogen and oxygen atoms in total. The van der Waals surface area contributed by atoms with Gasteiger partial charge in [0, 0.05) is 44.6 Å². The average molecular weight is 469 g/mol. The van der Waals surface area contributed by atoms with Crippen LogP contribution in [0, 0.1) is 18.6 Å². The second-order valence-corrected chi connectivity index (χ2v) is 8.72. The lowest BCUT2D eigenvalue weighted by molar-refractivity contribution is 0.0836. The molecule has 3 aromatic heterocycles. The van der Waals surface area contributed by atoms with Gasteiger partial charge in [-0.1, -0.05) is 0 Å². The summed E-state index contributed by atoms with van der Waals surface area (Å²) >= 11 is 0. The van der Waals surface area contributed by atoms with E-state index in [2.05, 4.69) is 15.1 Å². The number of ether oxygens (including phenoxy) is 1. The van der Waals surface area contributed by atoms with E-state index in [1.807, 2.05) is 23.1 Å². The predicted molar refractivity (Wildman–Crippen MR) is 122 cm³/mol. The van der Waals surface area contributed by atoms with Gasteiger partial charge in [0.15, 0.2) is 11.5 Å². The summed E-state index contributed by atoms with van der Waals surface area (Å²) in [5, 5.41) is 4.09. The van der Waals surface area contributed by atoms with Crippen LogP contribution in [-0.2, 0) is 11.8 Å². The molecule has 1 aliphatic heterocycles. The van der Waals surface area contributed by atoms with E-state index >= 15 is 0 Å². The summed E-state index contributed by atoms with van der Waals surface area (Å²) in [6.07, 6.45) is 8.02. The second kappa shape index (κ2) is 9.09. The van der Waals surface area contributed by atoms with Gasteiger partial charge < -0.3 is 4.74 Å². The summed E-state index contributed by atoms with van der Waals surface area (Å²) < 4.78 is 37.9. The van der Waals surface area contributed by atoms with Crippen LogP contribution in [0.3, 0.4) is 0 Å². The smallest absolute Gasteiger partial charge is 0.335 e. The first-order valence-electron chi connectivity index (χ1n) is 11.4. The molecule has 1 saturated heterocycles. The molecule has 2 aliphatic rings. The minimum atomic E-state index is -0.767. The normalized spacial score (nSPS) is 16.5. The van der Waals surface area contributed by atoms with Crippen LogP contribution in [0.2, 0.25) is 0 Å². The number of halogens is 2. The molecular weight excluding hydrogens is 442 g/mol. The van der Waals surface area contributed by atoms with Crippen LogP contribution in [0.15, 0.2) is 41.5 Å². The zero-order chi connectivity index (χ0) is 23.8. The van der Waals surface area contributed by atoms with Gasteiger partial charge in [0.1, 0.15) is 17.5 Å². The largest absolute Gasteiger partial charge is 0.381 e. The molecule has 1 aliphatic carbocycles. The van der Waals surface area contributed by atoms with Crippen LogP contribution in [0.5, 0.6) is 0 Å². The van der Waals surface area contributed by atoms with Crippen molar-refractivity contribution in [3.63, 3.8) is 0 Å². The Morgan fingerprint density at radius 2 is 1.85 bits per heavy atom. The van der Waals surface area contributed by atoms with E-state index in [0.29, 0.717) is 30.4 Å². The lowest BCUT2D eigenvalue weighted by Crippen LogP contribution is -2.22. The number of aromatic nitrogens is 6. The van der Waals surface area contributed by atoms with Gasteiger partial charge in [0.05, 0.1) is 17.3 Å². The predicted octanol–water partition coefficient (Wildman–Crippen LogP) is 3.79. The van der Waals surface area contributed by atoms with Gasteiger partial charge in [-0.25, -0.2) is 27.9 Å². The van der Waals surface area contributed by atoms with Crippen molar-refractivity contribution in [3.8, 4) is 11.4 Å². The van der Waals surface area contributed by atoms with E-state index < -0.39 is 11.6 Å². The highest BCUT2D eigenvalue weighted by Crippen LogP contribution is 2.33. The number of hydrogen-bond donors (Lipinski definition) is 0. The third-order valence-corrected chi connectivity index (χ3v) is 6.37.